The molecule has 5 rings (SSSR count). The fourth-order valence-electron chi connectivity index (χ4n) is 3.89. The topological polar surface area (TPSA) is 114 Å². The number of halogens is 1. The van der Waals surface area contributed by atoms with Gasteiger partial charge in [-0.15, -0.1) is 5.10 Å². The van der Waals surface area contributed by atoms with Crippen LogP contribution in [0.3, 0.4) is 0 Å². The van der Waals surface area contributed by atoms with E-state index in [9.17, 15) is 14.4 Å². The van der Waals surface area contributed by atoms with Crippen LogP contribution in [0.4, 0.5) is 10.2 Å². The van der Waals surface area contributed by atoms with Gasteiger partial charge in [-0.05, 0) is 48.9 Å². The third-order valence-electron chi connectivity index (χ3n) is 5.65. The van der Waals surface area contributed by atoms with E-state index in [2.05, 4.69) is 26.5 Å². The summed E-state index contributed by atoms with van der Waals surface area (Å²) in [7, 11) is 0. The van der Waals surface area contributed by atoms with Crippen LogP contribution >= 0.6 is 0 Å². The quantitative estimate of drug-likeness (QED) is 0.278. The number of benzene rings is 2. The first-order valence-corrected chi connectivity index (χ1v) is 11.7. The molecule has 3 heterocycles. The maximum atomic E-state index is 14.9. The molecule has 0 amide bonds. The molecule has 0 saturated carbocycles. The van der Waals surface area contributed by atoms with Crippen molar-refractivity contribution in [1.82, 2.24) is 19.6 Å². The number of anilines is 1. The number of nitriles is 1. The smallest absolute Gasteiger partial charge is 0.341 e. The molecular weight excluding hydrogens is 487 g/mol. The Balaban J connectivity index is 1.47. The van der Waals surface area contributed by atoms with Crippen LogP contribution in [0, 0.1) is 17.1 Å². The highest BCUT2D eigenvalue weighted by molar-refractivity contribution is 5.97. The predicted molar refractivity (Wildman–Crippen MR) is 137 cm³/mol. The minimum atomic E-state index is -0.669. The van der Waals surface area contributed by atoms with Crippen molar-refractivity contribution in [3.8, 4) is 28.8 Å². The standard InChI is InChI=1S/C28H21FN6O3/c1-2-37-28(36)23-17-33-27-22(15-30)26(34-35(27)25(23)21-5-3-4-6-24(21)29)32-16-18-7-9-19(10-8-18)38-20-11-13-31-14-12-20/h3-14,17H,2,16H2,1H3,(H,32,34). The Morgan fingerprint density at radius 3 is 2.53 bits per heavy atom. The lowest BCUT2D eigenvalue weighted by molar-refractivity contribution is 0.0526. The monoisotopic (exact) mass is 508 g/mol. The Bertz CT molecular complexity index is 1650. The highest BCUT2D eigenvalue weighted by atomic mass is 19.1. The molecule has 0 spiro atoms. The van der Waals surface area contributed by atoms with E-state index in [4.69, 9.17) is 9.47 Å². The molecule has 3 aromatic heterocycles. The summed E-state index contributed by atoms with van der Waals surface area (Å²) in [4.78, 5) is 20.9. The summed E-state index contributed by atoms with van der Waals surface area (Å²) in [5.41, 5.74) is 1.56. The average Bonchev–Trinajstić information content (AvgIpc) is 3.31. The highest BCUT2D eigenvalue weighted by Crippen LogP contribution is 2.30. The van der Waals surface area contributed by atoms with Crippen molar-refractivity contribution in [3.63, 3.8) is 0 Å². The van der Waals surface area contributed by atoms with Crippen molar-refractivity contribution in [2.45, 2.75) is 13.5 Å². The number of hydrogen-bond acceptors (Lipinski definition) is 8. The van der Waals surface area contributed by atoms with Crippen LogP contribution in [0.2, 0.25) is 0 Å². The van der Waals surface area contributed by atoms with Gasteiger partial charge < -0.3 is 14.8 Å². The maximum Gasteiger partial charge on any atom is 0.341 e. The van der Waals surface area contributed by atoms with Crippen molar-refractivity contribution in [2.75, 3.05) is 11.9 Å². The van der Waals surface area contributed by atoms with Crippen molar-refractivity contribution in [3.05, 3.63) is 102 Å². The third kappa shape index (κ3) is 4.85. The SMILES string of the molecule is CCOC(=O)c1cnc2c(C#N)c(NCc3ccc(Oc4ccncc4)cc3)nn2c1-c1ccccc1F. The van der Waals surface area contributed by atoms with Gasteiger partial charge in [0.25, 0.3) is 0 Å². The fraction of sp³-hybridized carbons (Fsp3) is 0.107. The summed E-state index contributed by atoms with van der Waals surface area (Å²) < 4.78 is 27.1. The Hall–Kier alpha value is -5.30. The normalized spacial score (nSPS) is 10.7. The Labute approximate surface area is 217 Å². The first-order chi connectivity index (χ1) is 18.6. The molecule has 188 valence electrons. The summed E-state index contributed by atoms with van der Waals surface area (Å²) in [6, 6.07) is 19.1. The van der Waals surface area contributed by atoms with Gasteiger partial charge in [-0.25, -0.2) is 18.7 Å². The zero-order valence-corrected chi connectivity index (χ0v) is 20.3. The van der Waals surface area contributed by atoms with Gasteiger partial charge in [0.05, 0.1) is 12.3 Å². The second kappa shape index (κ2) is 10.8. The second-order valence-electron chi connectivity index (χ2n) is 8.07. The second-order valence-corrected chi connectivity index (χ2v) is 8.07. The minimum Gasteiger partial charge on any atom is -0.462 e. The average molecular weight is 509 g/mol. The van der Waals surface area contributed by atoms with Crippen molar-refractivity contribution in [2.24, 2.45) is 0 Å². The molecule has 0 atom stereocenters. The van der Waals surface area contributed by atoms with Crippen LogP contribution in [-0.2, 0) is 11.3 Å². The number of carbonyl (C=O) groups is 1. The Morgan fingerprint density at radius 2 is 1.82 bits per heavy atom. The minimum absolute atomic E-state index is 0.0350. The molecule has 38 heavy (non-hydrogen) atoms. The lowest BCUT2D eigenvalue weighted by Gasteiger charge is -2.11. The number of nitrogens with one attached hydrogen (secondary N) is 1. The van der Waals surface area contributed by atoms with Crippen molar-refractivity contribution in [1.29, 1.82) is 5.26 Å². The van der Waals surface area contributed by atoms with Gasteiger partial charge in [0.15, 0.2) is 11.5 Å². The van der Waals surface area contributed by atoms with Crippen LogP contribution in [-0.4, -0.2) is 32.2 Å². The molecule has 0 aliphatic rings. The van der Waals surface area contributed by atoms with Gasteiger partial charge in [-0.2, -0.15) is 5.26 Å². The molecule has 10 heteroatoms. The van der Waals surface area contributed by atoms with Gasteiger partial charge in [-0.1, -0.05) is 24.3 Å². The third-order valence-corrected chi connectivity index (χ3v) is 5.65. The number of ether oxygens (including phenoxy) is 2. The van der Waals surface area contributed by atoms with E-state index >= 15 is 0 Å². The molecule has 9 nitrogen and oxygen atoms in total. The van der Waals surface area contributed by atoms with E-state index in [1.165, 1.54) is 22.8 Å². The van der Waals surface area contributed by atoms with Crippen molar-refractivity contribution >= 4 is 17.4 Å². The van der Waals surface area contributed by atoms with Gasteiger partial charge in [0.1, 0.15) is 34.5 Å². The summed E-state index contributed by atoms with van der Waals surface area (Å²) in [5.74, 6) is 0.363. The summed E-state index contributed by atoms with van der Waals surface area (Å²) >= 11 is 0. The summed E-state index contributed by atoms with van der Waals surface area (Å²) in [6.45, 7) is 2.15. The molecule has 0 fully saturated rings. The molecule has 5 aromatic rings. The van der Waals surface area contributed by atoms with Crippen LogP contribution in [0.15, 0.2) is 79.3 Å². The van der Waals surface area contributed by atoms with Crippen LogP contribution < -0.4 is 10.1 Å². The molecule has 0 bridgehead atoms. The van der Waals surface area contributed by atoms with Crippen LogP contribution in [0.5, 0.6) is 11.5 Å². The molecule has 0 aliphatic heterocycles. The van der Waals surface area contributed by atoms with Crippen LogP contribution in [0.25, 0.3) is 16.9 Å². The Kier molecular flexibility index (Phi) is 6.91. The van der Waals surface area contributed by atoms with Crippen molar-refractivity contribution < 1.29 is 18.7 Å². The van der Waals surface area contributed by atoms with Crippen LogP contribution in [0.1, 0.15) is 28.4 Å². The van der Waals surface area contributed by atoms with E-state index in [0.717, 1.165) is 5.56 Å². The predicted octanol–water partition coefficient (Wildman–Crippen LogP) is 5.38. The van der Waals surface area contributed by atoms with Gasteiger partial charge in [0.2, 0.25) is 0 Å². The van der Waals surface area contributed by atoms with Gasteiger partial charge in [-0.3, -0.25) is 4.98 Å². The van der Waals surface area contributed by atoms with E-state index in [1.807, 2.05) is 24.3 Å². The molecular formula is C28H21FN6O3. The largest absolute Gasteiger partial charge is 0.462 e. The number of aromatic nitrogens is 4. The fourth-order valence-corrected chi connectivity index (χ4v) is 3.89. The summed E-state index contributed by atoms with van der Waals surface area (Å²) in [6.07, 6.45) is 4.58. The highest BCUT2D eigenvalue weighted by Gasteiger charge is 2.24. The van der Waals surface area contributed by atoms with E-state index < -0.39 is 11.8 Å². The molecule has 0 aliphatic carbocycles. The lowest BCUT2D eigenvalue weighted by Crippen LogP contribution is -2.12. The lowest BCUT2D eigenvalue weighted by atomic mass is 10.1. The number of esters is 1. The molecule has 0 unspecified atom stereocenters. The number of carbonyl (C=O) groups excluding carboxylic acids is 1. The zero-order chi connectivity index (χ0) is 26.5. The number of nitrogens with zero attached hydrogens (tertiary/aromatic N) is 5. The van der Waals surface area contributed by atoms with E-state index in [1.54, 1.807) is 43.6 Å². The molecule has 1 N–H and O–H groups in total. The molecule has 2 aromatic carbocycles. The maximum absolute atomic E-state index is 14.9. The van der Waals surface area contributed by atoms with Gasteiger partial charge in [0, 0.05) is 30.7 Å². The molecule has 0 radical (unpaired) electrons. The zero-order valence-electron chi connectivity index (χ0n) is 20.3. The summed E-state index contributed by atoms with van der Waals surface area (Å²) in [5, 5.41) is 17.5. The number of rotatable bonds is 8. The van der Waals surface area contributed by atoms with Gasteiger partial charge >= 0.3 is 5.97 Å². The number of hydrogen-bond donors (Lipinski definition) is 1. The number of pyridine rings is 1. The number of fused-ring (bicyclic) bond motifs is 1. The first-order valence-electron chi connectivity index (χ1n) is 11.7. The Morgan fingerprint density at radius 1 is 1.08 bits per heavy atom. The van der Waals surface area contributed by atoms with E-state index in [-0.39, 0.29) is 40.5 Å². The molecule has 0 saturated heterocycles. The first kappa shape index (κ1) is 24.4. The van der Waals surface area contributed by atoms with E-state index in [0.29, 0.717) is 18.0 Å².